The molecule has 0 aliphatic carbocycles. The zero-order chi connectivity index (χ0) is 14.0. The van der Waals surface area contributed by atoms with Crippen LogP contribution in [-0.4, -0.2) is 0 Å². The molecule has 1 unspecified atom stereocenters. The van der Waals surface area contributed by atoms with Gasteiger partial charge in [0, 0.05) is 14.3 Å². The van der Waals surface area contributed by atoms with Gasteiger partial charge in [0.1, 0.15) is 0 Å². The summed E-state index contributed by atoms with van der Waals surface area (Å²) in [4.78, 5) is -0.176. The highest BCUT2D eigenvalue weighted by molar-refractivity contribution is 9.10. The molecular weight excluding hydrogens is 401 g/mol. The first kappa shape index (κ1) is 14.9. The molecule has 0 amide bonds. The van der Waals surface area contributed by atoms with Crippen molar-refractivity contribution in [3.63, 3.8) is 0 Å². The molecule has 0 aliphatic rings. The van der Waals surface area contributed by atoms with Crippen LogP contribution in [0, 0.1) is 11.6 Å². The van der Waals surface area contributed by atoms with E-state index >= 15 is 0 Å². The van der Waals surface area contributed by atoms with Gasteiger partial charge in [-0.1, -0.05) is 55.6 Å². The van der Waals surface area contributed by atoms with Gasteiger partial charge in [0.2, 0.25) is 0 Å². The lowest BCUT2D eigenvalue weighted by Crippen LogP contribution is -1.99. The van der Waals surface area contributed by atoms with Crippen LogP contribution in [0.15, 0.2) is 40.9 Å². The van der Waals surface area contributed by atoms with Crippen LogP contribution in [0.25, 0.3) is 0 Å². The number of benzene rings is 2. The molecule has 2 aromatic carbocycles. The quantitative estimate of drug-likeness (QED) is 0.426. The van der Waals surface area contributed by atoms with E-state index in [1.807, 2.05) is 24.3 Å². The van der Waals surface area contributed by atoms with Crippen molar-refractivity contribution >= 4 is 43.5 Å². The Morgan fingerprint density at radius 2 is 1.79 bits per heavy atom. The van der Waals surface area contributed by atoms with E-state index < -0.39 is 11.6 Å². The molecule has 0 heterocycles. The van der Waals surface area contributed by atoms with Crippen LogP contribution in [0.5, 0.6) is 0 Å². The van der Waals surface area contributed by atoms with E-state index in [1.54, 1.807) is 0 Å². The van der Waals surface area contributed by atoms with Crippen molar-refractivity contribution in [2.75, 3.05) is 0 Å². The van der Waals surface area contributed by atoms with Gasteiger partial charge in [-0.3, -0.25) is 0 Å². The second-order valence-corrected chi connectivity index (χ2v) is 6.52. The fourth-order valence-corrected chi connectivity index (χ4v) is 3.37. The zero-order valence-electron chi connectivity index (χ0n) is 9.64. The van der Waals surface area contributed by atoms with Gasteiger partial charge in [0.05, 0.1) is 0 Å². The number of hydrogen-bond acceptors (Lipinski definition) is 0. The maximum absolute atomic E-state index is 13.3. The molecule has 0 bridgehead atoms. The van der Waals surface area contributed by atoms with Crippen LogP contribution < -0.4 is 0 Å². The van der Waals surface area contributed by atoms with Crippen molar-refractivity contribution in [2.24, 2.45) is 0 Å². The summed E-state index contributed by atoms with van der Waals surface area (Å²) >= 11 is 12.8. The summed E-state index contributed by atoms with van der Waals surface area (Å²) in [6.07, 6.45) is 0.629. The Balaban J connectivity index is 2.25. The summed E-state index contributed by atoms with van der Waals surface area (Å²) in [5.74, 6) is -1.83. The predicted octanol–water partition coefficient (Wildman–Crippen LogP) is 6.06. The molecule has 0 N–H and O–H groups in total. The maximum Gasteiger partial charge on any atom is 0.160 e. The first-order chi connectivity index (χ1) is 8.97. The van der Waals surface area contributed by atoms with Crippen molar-refractivity contribution < 1.29 is 8.78 Å². The van der Waals surface area contributed by atoms with Gasteiger partial charge in [0.15, 0.2) is 11.6 Å². The van der Waals surface area contributed by atoms with E-state index in [-0.39, 0.29) is 9.85 Å². The molecular formula is C14H9Br2ClF2. The smallest absolute Gasteiger partial charge is 0.160 e. The summed E-state index contributed by atoms with van der Waals surface area (Å²) in [6, 6.07) is 9.93. The molecule has 100 valence electrons. The summed E-state index contributed by atoms with van der Waals surface area (Å²) < 4.78 is 27.3. The number of rotatable bonds is 3. The fourth-order valence-electron chi connectivity index (χ4n) is 1.76. The van der Waals surface area contributed by atoms with E-state index in [0.29, 0.717) is 12.0 Å². The minimum absolute atomic E-state index is 0.176. The van der Waals surface area contributed by atoms with Crippen molar-refractivity contribution in [1.82, 2.24) is 0 Å². The monoisotopic (exact) mass is 408 g/mol. The average Bonchev–Trinajstić information content (AvgIpc) is 2.33. The highest BCUT2D eigenvalue weighted by atomic mass is 79.9. The van der Waals surface area contributed by atoms with Crippen LogP contribution >= 0.6 is 43.5 Å². The molecule has 2 rings (SSSR count). The lowest BCUT2D eigenvalue weighted by atomic mass is 10.0. The molecule has 19 heavy (non-hydrogen) atoms. The number of halogens is 5. The van der Waals surface area contributed by atoms with Crippen LogP contribution in [0.3, 0.4) is 0 Å². The molecule has 0 saturated heterocycles. The molecule has 0 saturated carbocycles. The molecule has 2 aromatic rings. The van der Waals surface area contributed by atoms with E-state index in [9.17, 15) is 8.78 Å². The van der Waals surface area contributed by atoms with Gasteiger partial charge in [-0.2, -0.15) is 0 Å². The van der Waals surface area contributed by atoms with Crippen LogP contribution in [0.1, 0.15) is 16.0 Å². The third-order valence-corrected chi connectivity index (χ3v) is 4.32. The molecule has 0 radical (unpaired) electrons. The Bertz CT molecular complexity index is 602. The van der Waals surface area contributed by atoms with Crippen molar-refractivity contribution in [3.8, 4) is 0 Å². The first-order valence-corrected chi connectivity index (χ1v) is 7.59. The number of hydrogen-bond donors (Lipinski definition) is 0. The predicted molar refractivity (Wildman–Crippen MR) is 80.9 cm³/mol. The van der Waals surface area contributed by atoms with E-state index in [1.165, 1.54) is 0 Å². The van der Waals surface area contributed by atoms with Crippen molar-refractivity contribution in [3.05, 3.63) is 68.7 Å². The summed E-state index contributed by atoms with van der Waals surface area (Å²) in [5.41, 5.74) is 1.61. The summed E-state index contributed by atoms with van der Waals surface area (Å²) in [7, 11) is 0. The average molecular weight is 410 g/mol. The van der Waals surface area contributed by atoms with E-state index in [0.717, 1.165) is 22.2 Å². The normalized spacial score (nSPS) is 12.5. The van der Waals surface area contributed by atoms with E-state index in [4.69, 9.17) is 11.6 Å². The minimum atomic E-state index is -0.934. The number of alkyl halides is 1. The van der Waals surface area contributed by atoms with Gasteiger partial charge in [-0.25, -0.2) is 8.78 Å². The Labute approximate surface area is 132 Å². The largest absolute Gasteiger partial charge is 0.204 e. The Hall–Kier alpha value is -0.450. The topological polar surface area (TPSA) is 0 Å². The van der Waals surface area contributed by atoms with Gasteiger partial charge in [-0.15, -0.1) is 0 Å². The molecule has 0 nitrogen and oxygen atoms in total. The maximum atomic E-state index is 13.3. The second kappa shape index (κ2) is 6.33. The van der Waals surface area contributed by atoms with Gasteiger partial charge >= 0.3 is 0 Å². The van der Waals surface area contributed by atoms with Gasteiger partial charge in [0.25, 0.3) is 0 Å². The second-order valence-electron chi connectivity index (χ2n) is 4.09. The molecule has 5 heteroatoms. The molecule has 1 atom stereocenters. The molecule has 0 aromatic heterocycles. The zero-order valence-corrected chi connectivity index (χ0v) is 13.6. The third kappa shape index (κ3) is 3.77. The first-order valence-electron chi connectivity index (χ1n) is 5.50. The summed E-state index contributed by atoms with van der Waals surface area (Å²) in [5, 5.41) is 0.218. The van der Waals surface area contributed by atoms with Crippen molar-refractivity contribution in [2.45, 2.75) is 11.2 Å². The minimum Gasteiger partial charge on any atom is -0.204 e. The SMILES string of the molecule is Fc1cc(Cl)c(C(Br)Cc2cccc(Br)c2)cc1F. The Morgan fingerprint density at radius 1 is 1.11 bits per heavy atom. The van der Waals surface area contributed by atoms with Gasteiger partial charge in [-0.05, 0) is 41.8 Å². The fraction of sp³-hybridized carbons (Fsp3) is 0.143. The molecule has 0 spiro atoms. The lowest BCUT2D eigenvalue weighted by molar-refractivity contribution is 0.507. The van der Waals surface area contributed by atoms with Crippen LogP contribution in [-0.2, 0) is 6.42 Å². The van der Waals surface area contributed by atoms with Crippen molar-refractivity contribution in [1.29, 1.82) is 0 Å². The lowest BCUT2D eigenvalue weighted by Gasteiger charge is -2.13. The van der Waals surface area contributed by atoms with Gasteiger partial charge < -0.3 is 0 Å². The van der Waals surface area contributed by atoms with E-state index in [2.05, 4.69) is 31.9 Å². The van der Waals surface area contributed by atoms with Crippen LogP contribution in [0.4, 0.5) is 8.78 Å². The molecule has 0 aliphatic heterocycles. The Kier molecular flexibility index (Phi) is 4.98. The highest BCUT2D eigenvalue weighted by Gasteiger charge is 2.16. The highest BCUT2D eigenvalue weighted by Crippen LogP contribution is 2.34. The van der Waals surface area contributed by atoms with Crippen LogP contribution in [0.2, 0.25) is 5.02 Å². The Morgan fingerprint density at radius 3 is 2.47 bits per heavy atom. The third-order valence-electron chi connectivity index (χ3n) is 2.68. The standard InChI is InChI=1S/C14H9Br2ClF2/c15-9-3-1-2-8(4-9)5-11(16)10-6-13(18)14(19)7-12(10)17/h1-4,6-7,11H,5H2. The molecule has 0 fully saturated rings. The summed E-state index contributed by atoms with van der Waals surface area (Å²) in [6.45, 7) is 0.